The van der Waals surface area contributed by atoms with Gasteiger partial charge in [-0.1, -0.05) is 11.6 Å². The van der Waals surface area contributed by atoms with Gasteiger partial charge in [-0.05, 0) is 31.2 Å². The highest BCUT2D eigenvalue weighted by molar-refractivity contribution is 6.30. The predicted octanol–water partition coefficient (Wildman–Crippen LogP) is 1.89. The Morgan fingerprint density at radius 1 is 1.60 bits per heavy atom. The van der Waals surface area contributed by atoms with Crippen molar-refractivity contribution in [1.82, 2.24) is 0 Å². The van der Waals surface area contributed by atoms with Crippen molar-refractivity contribution in [3.05, 3.63) is 23.2 Å². The molecule has 2 rings (SSSR count). The van der Waals surface area contributed by atoms with Crippen molar-refractivity contribution in [2.45, 2.75) is 12.5 Å². The smallest absolute Gasteiger partial charge is 0.142 e. The van der Waals surface area contributed by atoms with Crippen molar-refractivity contribution in [2.75, 3.05) is 25.1 Å². The van der Waals surface area contributed by atoms with E-state index in [0.29, 0.717) is 19.2 Å². The van der Waals surface area contributed by atoms with Crippen LogP contribution in [0.3, 0.4) is 0 Å². The minimum atomic E-state index is 0.348. The van der Waals surface area contributed by atoms with Crippen LogP contribution in [0.25, 0.3) is 0 Å². The van der Waals surface area contributed by atoms with E-state index < -0.39 is 0 Å². The van der Waals surface area contributed by atoms with Gasteiger partial charge in [-0.15, -0.1) is 0 Å². The van der Waals surface area contributed by atoms with E-state index in [1.807, 2.05) is 18.2 Å². The summed E-state index contributed by atoms with van der Waals surface area (Å²) in [6.45, 7) is 1.37. The summed E-state index contributed by atoms with van der Waals surface area (Å²) >= 11 is 5.96. The third kappa shape index (κ3) is 2.03. The van der Waals surface area contributed by atoms with Crippen molar-refractivity contribution in [2.24, 2.45) is 5.73 Å². The Hall–Kier alpha value is -0.930. The second-order valence-corrected chi connectivity index (χ2v) is 4.20. The summed E-state index contributed by atoms with van der Waals surface area (Å²) in [6.07, 6.45) is 0.933. The van der Waals surface area contributed by atoms with E-state index in [1.54, 1.807) is 0 Å². The number of rotatable bonds is 2. The number of likely N-dealkylation sites (N-methyl/N-ethyl adjacent to an activating group) is 1. The molecular weight excluding hydrogens is 212 g/mol. The Bertz CT molecular complexity index is 356. The lowest BCUT2D eigenvalue weighted by atomic mass is 10.1. The molecule has 0 spiro atoms. The fraction of sp³-hybridized carbons (Fsp3) is 0.455. The quantitative estimate of drug-likeness (QED) is 0.837. The number of nitrogens with zero attached hydrogens (tertiary/aromatic N) is 1. The molecule has 1 aliphatic heterocycles. The molecule has 0 bridgehead atoms. The van der Waals surface area contributed by atoms with Gasteiger partial charge in [-0.25, -0.2) is 0 Å². The number of anilines is 1. The molecule has 1 heterocycles. The van der Waals surface area contributed by atoms with Crippen molar-refractivity contribution >= 4 is 17.3 Å². The van der Waals surface area contributed by atoms with Crippen LogP contribution in [0.1, 0.15) is 6.42 Å². The van der Waals surface area contributed by atoms with E-state index in [0.717, 1.165) is 22.9 Å². The lowest BCUT2D eigenvalue weighted by molar-refractivity contribution is 0.261. The van der Waals surface area contributed by atoms with Crippen molar-refractivity contribution in [3.8, 4) is 5.75 Å². The van der Waals surface area contributed by atoms with E-state index in [2.05, 4.69) is 11.9 Å². The van der Waals surface area contributed by atoms with Crippen molar-refractivity contribution in [3.63, 3.8) is 0 Å². The minimum absolute atomic E-state index is 0.348. The van der Waals surface area contributed by atoms with Gasteiger partial charge in [0, 0.05) is 12.1 Å². The number of hydrogen-bond acceptors (Lipinski definition) is 3. The van der Waals surface area contributed by atoms with Gasteiger partial charge in [0.05, 0.1) is 11.7 Å². The Labute approximate surface area is 94.8 Å². The van der Waals surface area contributed by atoms with E-state index in [1.165, 1.54) is 0 Å². The zero-order valence-corrected chi connectivity index (χ0v) is 9.50. The lowest BCUT2D eigenvalue weighted by Gasteiger charge is -2.35. The molecule has 15 heavy (non-hydrogen) atoms. The Kier molecular flexibility index (Phi) is 3.03. The van der Waals surface area contributed by atoms with E-state index >= 15 is 0 Å². The van der Waals surface area contributed by atoms with Crippen LogP contribution in [0.4, 0.5) is 5.69 Å². The van der Waals surface area contributed by atoms with Gasteiger partial charge in [0.25, 0.3) is 0 Å². The van der Waals surface area contributed by atoms with Crippen LogP contribution >= 0.6 is 11.6 Å². The van der Waals surface area contributed by atoms with E-state index in [-0.39, 0.29) is 0 Å². The fourth-order valence-electron chi connectivity index (χ4n) is 1.85. The fourth-order valence-corrected chi connectivity index (χ4v) is 2.02. The van der Waals surface area contributed by atoms with Crippen molar-refractivity contribution in [1.29, 1.82) is 0 Å². The van der Waals surface area contributed by atoms with Gasteiger partial charge in [0.2, 0.25) is 0 Å². The first-order chi connectivity index (χ1) is 7.22. The molecule has 82 valence electrons. The molecule has 1 unspecified atom stereocenters. The zero-order chi connectivity index (χ0) is 10.8. The highest BCUT2D eigenvalue weighted by atomic mass is 35.5. The number of nitrogens with two attached hydrogens (primary N) is 1. The third-order valence-electron chi connectivity index (χ3n) is 2.78. The topological polar surface area (TPSA) is 38.5 Å². The first kappa shape index (κ1) is 10.6. The van der Waals surface area contributed by atoms with Gasteiger partial charge in [-0.3, -0.25) is 0 Å². The SMILES string of the molecule is CN1c2cc(Cl)ccc2OCC1CCN. The normalized spacial score (nSPS) is 19.7. The summed E-state index contributed by atoms with van der Waals surface area (Å²) in [7, 11) is 2.05. The van der Waals surface area contributed by atoms with Gasteiger partial charge >= 0.3 is 0 Å². The molecule has 1 aromatic rings. The molecule has 3 nitrogen and oxygen atoms in total. The predicted molar refractivity (Wildman–Crippen MR) is 62.8 cm³/mol. The van der Waals surface area contributed by atoms with Crippen LogP contribution in [0.5, 0.6) is 5.75 Å². The molecule has 0 saturated carbocycles. The Morgan fingerprint density at radius 2 is 2.40 bits per heavy atom. The number of fused-ring (bicyclic) bond motifs is 1. The second-order valence-electron chi connectivity index (χ2n) is 3.77. The summed E-state index contributed by atoms with van der Waals surface area (Å²) < 4.78 is 5.66. The molecule has 1 aromatic carbocycles. The molecular formula is C11H15ClN2O. The average molecular weight is 227 g/mol. The maximum Gasteiger partial charge on any atom is 0.142 e. The standard InChI is InChI=1S/C11H15ClN2O/c1-14-9(4-5-13)7-15-11-3-2-8(12)6-10(11)14/h2-3,6,9H,4-5,7,13H2,1H3. The number of hydrogen-bond donors (Lipinski definition) is 1. The third-order valence-corrected chi connectivity index (χ3v) is 3.01. The van der Waals surface area contributed by atoms with Crippen LogP contribution in [0, 0.1) is 0 Å². The van der Waals surface area contributed by atoms with Crippen LogP contribution < -0.4 is 15.4 Å². The zero-order valence-electron chi connectivity index (χ0n) is 8.74. The van der Waals surface area contributed by atoms with E-state index in [9.17, 15) is 0 Å². The van der Waals surface area contributed by atoms with Gasteiger partial charge in [0.15, 0.2) is 0 Å². The number of halogens is 1. The van der Waals surface area contributed by atoms with Gasteiger partial charge in [-0.2, -0.15) is 0 Å². The molecule has 0 aromatic heterocycles. The summed E-state index contributed by atoms with van der Waals surface area (Å²) in [5.41, 5.74) is 6.61. The first-order valence-corrected chi connectivity index (χ1v) is 5.45. The molecule has 4 heteroatoms. The molecule has 0 radical (unpaired) electrons. The molecule has 0 fully saturated rings. The van der Waals surface area contributed by atoms with Crippen LogP contribution in [-0.4, -0.2) is 26.2 Å². The van der Waals surface area contributed by atoms with Crippen LogP contribution in [-0.2, 0) is 0 Å². The number of ether oxygens (including phenoxy) is 1. The van der Waals surface area contributed by atoms with Crippen LogP contribution in [0.2, 0.25) is 5.02 Å². The van der Waals surface area contributed by atoms with Gasteiger partial charge in [0.1, 0.15) is 12.4 Å². The molecule has 0 aliphatic carbocycles. The maximum atomic E-state index is 5.96. The summed E-state index contributed by atoms with van der Waals surface area (Å²) in [5, 5.41) is 0.734. The minimum Gasteiger partial charge on any atom is -0.489 e. The lowest BCUT2D eigenvalue weighted by Crippen LogP contribution is -2.41. The summed E-state index contributed by atoms with van der Waals surface area (Å²) in [4.78, 5) is 2.19. The maximum absolute atomic E-state index is 5.96. The molecule has 0 amide bonds. The van der Waals surface area contributed by atoms with E-state index in [4.69, 9.17) is 22.1 Å². The molecule has 1 atom stereocenters. The largest absolute Gasteiger partial charge is 0.489 e. The summed E-state index contributed by atoms with van der Waals surface area (Å²) in [6, 6.07) is 6.03. The number of benzene rings is 1. The molecule has 2 N–H and O–H groups in total. The van der Waals surface area contributed by atoms with Gasteiger partial charge < -0.3 is 15.4 Å². The van der Waals surface area contributed by atoms with Crippen molar-refractivity contribution < 1.29 is 4.74 Å². The van der Waals surface area contributed by atoms with Crippen LogP contribution in [0.15, 0.2) is 18.2 Å². The summed E-state index contributed by atoms with van der Waals surface area (Å²) in [5.74, 6) is 0.898. The highest BCUT2D eigenvalue weighted by Crippen LogP contribution is 2.35. The Balaban J connectivity index is 2.28. The average Bonchev–Trinajstić information content (AvgIpc) is 2.23. The molecule has 0 saturated heterocycles. The second kappa shape index (κ2) is 4.29. The molecule has 1 aliphatic rings. The monoisotopic (exact) mass is 226 g/mol. The first-order valence-electron chi connectivity index (χ1n) is 5.07. The Morgan fingerprint density at radius 3 is 3.13 bits per heavy atom. The highest BCUT2D eigenvalue weighted by Gasteiger charge is 2.23.